The molecule has 2 aromatic heterocycles. The van der Waals surface area contributed by atoms with Gasteiger partial charge in [-0.05, 0) is 48.4 Å². The van der Waals surface area contributed by atoms with Gasteiger partial charge in [0, 0.05) is 0 Å². The lowest BCUT2D eigenvalue weighted by atomic mass is 9.84. The topological polar surface area (TPSA) is 110 Å². The van der Waals surface area contributed by atoms with Crippen molar-refractivity contribution >= 4 is 21.9 Å². The molecule has 0 saturated carbocycles. The van der Waals surface area contributed by atoms with Crippen LogP contribution in [0.5, 0.6) is 17.2 Å². The summed E-state index contributed by atoms with van der Waals surface area (Å²) in [5.41, 5.74) is -1.13. The Labute approximate surface area is 237 Å². The summed E-state index contributed by atoms with van der Waals surface area (Å²) in [4.78, 5) is 26.8. The number of benzene rings is 3. The highest BCUT2D eigenvalue weighted by Gasteiger charge is 2.32. The minimum atomic E-state index is -1.20. The molecule has 5 rings (SSSR count). The maximum absolute atomic E-state index is 13.4. The van der Waals surface area contributed by atoms with E-state index in [2.05, 4.69) is 6.92 Å². The number of aromatic hydroxyl groups is 2. The molecule has 0 unspecified atom stereocenters. The first kappa shape index (κ1) is 28.0. The lowest BCUT2D eigenvalue weighted by Gasteiger charge is -2.20. The predicted molar refractivity (Wildman–Crippen MR) is 159 cm³/mol. The molecule has 7 heteroatoms. The van der Waals surface area contributed by atoms with Gasteiger partial charge in [-0.15, -0.1) is 0 Å². The Morgan fingerprint density at radius 1 is 0.683 bits per heavy atom. The van der Waals surface area contributed by atoms with Crippen LogP contribution in [0.3, 0.4) is 0 Å². The molecule has 0 aliphatic heterocycles. The van der Waals surface area contributed by atoms with Gasteiger partial charge in [-0.2, -0.15) is 0 Å². The molecule has 41 heavy (non-hydrogen) atoms. The molecule has 3 aromatic carbocycles. The van der Waals surface area contributed by atoms with Gasteiger partial charge < -0.3 is 23.8 Å². The smallest absolute Gasteiger partial charge is 0.344 e. The molecule has 0 spiro atoms. The van der Waals surface area contributed by atoms with Crippen molar-refractivity contribution in [1.82, 2.24) is 0 Å². The van der Waals surface area contributed by atoms with E-state index in [4.69, 9.17) is 13.6 Å². The molecule has 0 saturated heterocycles. The third-order valence-electron chi connectivity index (χ3n) is 7.43. The maximum atomic E-state index is 13.4. The maximum Gasteiger partial charge on any atom is 0.344 e. The van der Waals surface area contributed by atoms with Gasteiger partial charge in [0.1, 0.15) is 28.4 Å². The third kappa shape index (κ3) is 5.99. The average molecular weight is 555 g/mol. The lowest BCUT2D eigenvalue weighted by Crippen LogP contribution is -2.21. The molecular formula is C34H34O7. The zero-order valence-electron chi connectivity index (χ0n) is 23.1. The van der Waals surface area contributed by atoms with E-state index in [1.807, 2.05) is 0 Å². The average Bonchev–Trinajstić information content (AvgIpc) is 2.98. The van der Waals surface area contributed by atoms with Crippen molar-refractivity contribution in [2.75, 3.05) is 6.61 Å². The standard InChI is InChI=1S/C34H34O7/c1-2-3-4-5-6-7-12-20-39-23-15-13-14-22(21-23)28(29-31(35)24-16-8-10-18-26(24)40-33(29)37)30-32(36)25-17-9-11-19-27(25)41-34(30)38/h8-11,13-19,21,28,35-36H,2-7,12,20H2,1H3. The number of unbranched alkanes of at least 4 members (excludes halogenated alkanes) is 6. The van der Waals surface area contributed by atoms with Crippen LogP contribution in [0.25, 0.3) is 21.9 Å². The number of hydrogen-bond acceptors (Lipinski definition) is 7. The van der Waals surface area contributed by atoms with Gasteiger partial charge in [-0.25, -0.2) is 9.59 Å². The van der Waals surface area contributed by atoms with Crippen molar-refractivity contribution in [2.45, 2.75) is 57.8 Å². The first-order valence-corrected chi connectivity index (χ1v) is 14.2. The van der Waals surface area contributed by atoms with Crippen LogP contribution in [-0.2, 0) is 0 Å². The summed E-state index contributed by atoms with van der Waals surface area (Å²) < 4.78 is 17.2. The summed E-state index contributed by atoms with van der Waals surface area (Å²) in [6.07, 6.45) is 8.11. The van der Waals surface area contributed by atoms with E-state index in [1.54, 1.807) is 72.8 Å². The summed E-state index contributed by atoms with van der Waals surface area (Å²) in [7, 11) is 0. The monoisotopic (exact) mass is 554 g/mol. The fraction of sp³-hybridized carbons (Fsp3) is 0.294. The fourth-order valence-electron chi connectivity index (χ4n) is 5.32. The van der Waals surface area contributed by atoms with Gasteiger partial charge in [0.05, 0.1) is 34.4 Å². The van der Waals surface area contributed by atoms with E-state index >= 15 is 0 Å². The molecule has 7 nitrogen and oxygen atoms in total. The van der Waals surface area contributed by atoms with Crippen molar-refractivity contribution in [3.8, 4) is 17.2 Å². The SMILES string of the molecule is CCCCCCCCCOc1cccc(C(c2c(O)c3ccccc3oc2=O)c2c(O)c3ccccc3oc2=O)c1. The molecule has 0 bridgehead atoms. The highest BCUT2D eigenvalue weighted by molar-refractivity contribution is 5.87. The summed E-state index contributed by atoms with van der Waals surface area (Å²) in [6, 6.07) is 20.2. The molecule has 0 radical (unpaired) electrons. The van der Waals surface area contributed by atoms with Crippen LogP contribution in [0.1, 0.15) is 74.5 Å². The van der Waals surface area contributed by atoms with Gasteiger partial charge in [0.15, 0.2) is 0 Å². The molecule has 0 aliphatic rings. The number of rotatable bonds is 12. The van der Waals surface area contributed by atoms with E-state index in [0.717, 1.165) is 12.8 Å². The summed E-state index contributed by atoms with van der Waals surface area (Å²) in [5.74, 6) is -1.31. The van der Waals surface area contributed by atoms with Crippen LogP contribution in [0.2, 0.25) is 0 Å². The molecule has 0 amide bonds. The van der Waals surface area contributed by atoms with Gasteiger partial charge in [-0.1, -0.05) is 81.8 Å². The Morgan fingerprint density at radius 3 is 1.80 bits per heavy atom. The first-order valence-electron chi connectivity index (χ1n) is 14.2. The predicted octanol–water partition coefficient (Wildman–Crippen LogP) is 7.62. The zero-order chi connectivity index (χ0) is 28.8. The van der Waals surface area contributed by atoms with E-state index < -0.39 is 17.2 Å². The fourth-order valence-corrected chi connectivity index (χ4v) is 5.32. The second-order valence-electron chi connectivity index (χ2n) is 10.3. The van der Waals surface area contributed by atoms with Crippen molar-refractivity contribution < 1.29 is 23.8 Å². The first-order chi connectivity index (χ1) is 20.0. The molecule has 0 atom stereocenters. The largest absolute Gasteiger partial charge is 0.507 e. The van der Waals surface area contributed by atoms with Gasteiger partial charge >= 0.3 is 11.3 Å². The van der Waals surface area contributed by atoms with Gasteiger partial charge in [0.25, 0.3) is 0 Å². The summed E-state index contributed by atoms with van der Waals surface area (Å²) >= 11 is 0. The van der Waals surface area contributed by atoms with Crippen LogP contribution in [0.4, 0.5) is 0 Å². The Hall–Kier alpha value is -4.52. The minimum absolute atomic E-state index is 0.175. The van der Waals surface area contributed by atoms with E-state index in [-0.39, 0.29) is 33.8 Å². The summed E-state index contributed by atoms with van der Waals surface area (Å²) in [6.45, 7) is 2.73. The third-order valence-corrected chi connectivity index (χ3v) is 7.43. The van der Waals surface area contributed by atoms with Crippen molar-refractivity contribution in [3.05, 3.63) is 110 Å². The van der Waals surface area contributed by atoms with E-state index in [1.165, 1.54) is 32.1 Å². The lowest BCUT2D eigenvalue weighted by molar-refractivity contribution is 0.304. The van der Waals surface area contributed by atoms with E-state index in [0.29, 0.717) is 28.7 Å². The van der Waals surface area contributed by atoms with Crippen LogP contribution >= 0.6 is 0 Å². The Balaban J connectivity index is 1.56. The number of fused-ring (bicyclic) bond motifs is 2. The highest BCUT2D eigenvalue weighted by atomic mass is 16.5. The Bertz CT molecular complexity index is 1670. The van der Waals surface area contributed by atoms with Crippen LogP contribution < -0.4 is 16.0 Å². The van der Waals surface area contributed by atoms with Crippen molar-refractivity contribution in [3.63, 3.8) is 0 Å². The molecule has 2 heterocycles. The Kier molecular flexibility index (Phi) is 8.73. The molecular weight excluding hydrogens is 520 g/mol. The second-order valence-corrected chi connectivity index (χ2v) is 10.3. The molecule has 5 aromatic rings. The normalized spacial score (nSPS) is 11.5. The van der Waals surface area contributed by atoms with Crippen molar-refractivity contribution in [1.29, 1.82) is 0 Å². The Morgan fingerprint density at radius 2 is 1.22 bits per heavy atom. The molecule has 2 N–H and O–H groups in total. The van der Waals surface area contributed by atoms with Crippen LogP contribution in [0.15, 0.2) is 91.2 Å². The zero-order valence-corrected chi connectivity index (χ0v) is 23.1. The number of para-hydroxylation sites is 2. The quantitative estimate of drug-likeness (QED) is 0.121. The number of hydrogen-bond donors (Lipinski definition) is 2. The van der Waals surface area contributed by atoms with Gasteiger partial charge in [0.2, 0.25) is 0 Å². The summed E-state index contributed by atoms with van der Waals surface area (Å²) in [5, 5.41) is 23.3. The molecule has 0 fully saturated rings. The highest BCUT2D eigenvalue weighted by Crippen LogP contribution is 2.42. The molecule has 0 aliphatic carbocycles. The number of ether oxygens (including phenoxy) is 1. The van der Waals surface area contributed by atoms with E-state index in [9.17, 15) is 19.8 Å². The minimum Gasteiger partial charge on any atom is -0.507 e. The molecule has 212 valence electrons. The van der Waals surface area contributed by atoms with Crippen molar-refractivity contribution in [2.24, 2.45) is 0 Å². The second kappa shape index (κ2) is 12.8. The van der Waals surface area contributed by atoms with Crippen LogP contribution in [0, 0.1) is 0 Å². The van der Waals surface area contributed by atoms with Gasteiger partial charge in [-0.3, -0.25) is 0 Å². The van der Waals surface area contributed by atoms with Crippen LogP contribution in [-0.4, -0.2) is 16.8 Å².